The van der Waals surface area contributed by atoms with Crippen LogP contribution in [0.2, 0.25) is 0 Å². The van der Waals surface area contributed by atoms with Crippen molar-refractivity contribution in [3.63, 3.8) is 0 Å². The maximum Gasteiger partial charge on any atom is 0.393 e. The Morgan fingerprint density at radius 3 is 2.92 bits per heavy atom. The van der Waals surface area contributed by atoms with Crippen molar-refractivity contribution >= 4 is 10.9 Å². The molecular formula is C17H18F3N5. The summed E-state index contributed by atoms with van der Waals surface area (Å²) in [6.45, 7) is 0.911. The maximum absolute atomic E-state index is 13.0. The van der Waals surface area contributed by atoms with Crippen LogP contribution < -0.4 is 5.32 Å². The van der Waals surface area contributed by atoms with Gasteiger partial charge < -0.3 is 14.9 Å². The molecule has 1 aliphatic rings. The van der Waals surface area contributed by atoms with Crippen molar-refractivity contribution in [2.75, 3.05) is 0 Å². The summed E-state index contributed by atoms with van der Waals surface area (Å²) in [6, 6.07) is 8.02. The molecule has 8 heteroatoms. The first kappa shape index (κ1) is 16.1. The Hall–Kier alpha value is -2.35. The molecule has 0 unspecified atom stereocenters. The van der Waals surface area contributed by atoms with Gasteiger partial charge in [-0.1, -0.05) is 12.1 Å². The van der Waals surface area contributed by atoms with Gasteiger partial charge in [0, 0.05) is 36.6 Å². The van der Waals surface area contributed by atoms with E-state index in [1.807, 2.05) is 30.5 Å². The summed E-state index contributed by atoms with van der Waals surface area (Å²) >= 11 is 0. The van der Waals surface area contributed by atoms with Crippen molar-refractivity contribution in [1.29, 1.82) is 0 Å². The standard InChI is InChI=1S/C17H18F3N5/c18-17(19,20)12-4-5-15-23-24-16(25(15)10-12)9-21-8-11-2-1-3-14-13(11)6-7-22-14/h1-3,6-7,12,21-22H,4-5,8-10H2/t12-/m0/s1. The summed E-state index contributed by atoms with van der Waals surface area (Å²) in [6.07, 6.45) is -1.87. The second-order valence-electron chi connectivity index (χ2n) is 6.38. The van der Waals surface area contributed by atoms with E-state index in [0.29, 0.717) is 31.2 Å². The van der Waals surface area contributed by atoms with E-state index >= 15 is 0 Å². The molecule has 0 spiro atoms. The summed E-state index contributed by atoms with van der Waals surface area (Å²) in [5, 5.41) is 12.5. The Bertz CT molecular complexity index is 880. The fraction of sp³-hybridized carbons (Fsp3) is 0.412. The van der Waals surface area contributed by atoms with Gasteiger partial charge in [0.2, 0.25) is 0 Å². The highest BCUT2D eigenvalue weighted by atomic mass is 19.4. The number of nitrogens with one attached hydrogen (secondary N) is 2. The van der Waals surface area contributed by atoms with E-state index in [2.05, 4.69) is 20.5 Å². The van der Waals surface area contributed by atoms with Gasteiger partial charge in [-0.05, 0) is 24.1 Å². The van der Waals surface area contributed by atoms with E-state index < -0.39 is 12.1 Å². The summed E-state index contributed by atoms with van der Waals surface area (Å²) in [5.74, 6) is -0.112. The third kappa shape index (κ3) is 3.13. The predicted molar refractivity (Wildman–Crippen MR) is 86.7 cm³/mol. The smallest absolute Gasteiger partial charge is 0.361 e. The van der Waals surface area contributed by atoms with Gasteiger partial charge in [0.1, 0.15) is 11.6 Å². The minimum Gasteiger partial charge on any atom is -0.361 e. The molecule has 1 aromatic carbocycles. The largest absolute Gasteiger partial charge is 0.393 e. The summed E-state index contributed by atoms with van der Waals surface area (Å²) in [7, 11) is 0. The van der Waals surface area contributed by atoms with E-state index in [4.69, 9.17) is 0 Å². The van der Waals surface area contributed by atoms with E-state index in [9.17, 15) is 13.2 Å². The molecule has 1 aliphatic heterocycles. The quantitative estimate of drug-likeness (QED) is 0.761. The van der Waals surface area contributed by atoms with Crippen LogP contribution in [0.1, 0.15) is 23.6 Å². The number of hydrogen-bond donors (Lipinski definition) is 2. The fourth-order valence-electron chi connectivity index (χ4n) is 3.39. The van der Waals surface area contributed by atoms with Crippen molar-refractivity contribution in [2.45, 2.75) is 38.7 Å². The third-order valence-electron chi connectivity index (χ3n) is 4.77. The van der Waals surface area contributed by atoms with E-state index in [0.717, 1.165) is 16.5 Å². The number of aromatic nitrogens is 4. The molecule has 4 rings (SSSR count). The zero-order chi connectivity index (χ0) is 17.4. The Morgan fingerprint density at radius 1 is 1.20 bits per heavy atom. The topological polar surface area (TPSA) is 58.5 Å². The monoisotopic (exact) mass is 349 g/mol. The van der Waals surface area contributed by atoms with Gasteiger partial charge in [0.25, 0.3) is 0 Å². The zero-order valence-electron chi connectivity index (χ0n) is 13.5. The van der Waals surface area contributed by atoms with E-state index in [1.54, 1.807) is 4.57 Å². The number of H-pyrrole nitrogens is 1. The molecule has 2 N–H and O–H groups in total. The Labute approximate surface area is 142 Å². The number of aromatic amines is 1. The average Bonchev–Trinajstić information content (AvgIpc) is 3.21. The van der Waals surface area contributed by atoms with Gasteiger partial charge in [-0.25, -0.2) is 0 Å². The van der Waals surface area contributed by atoms with Crippen LogP contribution in [0.4, 0.5) is 13.2 Å². The van der Waals surface area contributed by atoms with Gasteiger partial charge >= 0.3 is 6.18 Å². The van der Waals surface area contributed by atoms with Gasteiger partial charge in [-0.15, -0.1) is 10.2 Å². The van der Waals surface area contributed by atoms with Gasteiger partial charge in [-0.3, -0.25) is 0 Å². The number of aryl methyl sites for hydroxylation is 1. The number of benzene rings is 1. The van der Waals surface area contributed by atoms with Crippen molar-refractivity contribution in [3.8, 4) is 0 Å². The minimum atomic E-state index is -4.17. The molecule has 0 amide bonds. The molecule has 0 saturated carbocycles. The summed E-state index contributed by atoms with van der Waals surface area (Å²) in [5.41, 5.74) is 2.19. The van der Waals surface area contributed by atoms with Gasteiger partial charge in [0.15, 0.2) is 0 Å². The van der Waals surface area contributed by atoms with Gasteiger partial charge in [-0.2, -0.15) is 13.2 Å². The van der Waals surface area contributed by atoms with Crippen LogP contribution in [0.5, 0.6) is 0 Å². The van der Waals surface area contributed by atoms with Crippen LogP contribution in [0, 0.1) is 5.92 Å². The van der Waals surface area contributed by atoms with Crippen LogP contribution >= 0.6 is 0 Å². The lowest BCUT2D eigenvalue weighted by atomic mass is 9.99. The molecule has 0 saturated heterocycles. The van der Waals surface area contributed by atoms with Crippen molar-refractivity contribution in [3.05, 3.63) is 47.7 Å². The van der Waals surface area contributed by atoms with Crippen LogP contribution in [-0.2, 0) is 26.1 Å². The Kier molecular flexibility index (Phi) is 3.99. The highest BCUT2D eigenvalue weighted by Gasteiger charge is 2.42. The maximum atomic E-state index is 13.0. The molecule has 0 radical (unpaired) electrons. The minimum absolute atomic E-state index is 0.0871. The molecule has 0 aliphatic carbocycles. The molecule has 3 heterocycles. The highest BCUT2D eigenvalue weighted by molar-refractivity contribution is 5.82. The summed E-state index contributed by atoms with van der Waals surface area (Å²) < 4.78 is 40.6. The lowest BCUT2D eigenvalue weighted by Crippen LogP contribution is -2.33. The van der Waals surface area contributed by atoms with Crippen LogP contribution in [-0.4, -0.2) is 25.9 Å². The molecule has 2 aromatic heterocycles. The summed E-state index contributed by atoms with van der Waals surface area (Å²) in [4.78, 5) is 3.16. The Morgan fingerprint density at radius 2 is 2.08 bits per heavy atom. The molecule has 5 nitrogen and oxygen atoms in total. The van der Waals surface area contributed by atoms with Crippen molar-refractivity contribution in [2.24, 2.45) is 5.92 Å². The number of hydrogen-bond acceptors (Lipinski definition) is 3. The molecular weight excluding hydrogens is 331 g/mol. The van der Waals surface area contributed by atoms with Crippen LogP contribution in [0.3, 0.4) is 0 Å². The predicted octanol–water partition coefficient (Wildman–Crippen LogP) is 3.17. The highest BCUT2D eigenvalue weighted by Crippen LogP contribution is 2.34. The van der Waals surface area contributed by atoms with Crippen LogP contribution in [0.15, 0.2) is 30.5 Å². The SMILES string of the molecule is FC(F)(F)[C@H]1CCc2nnc(CNCc3cccc4[nH]ccc34)n2C1. The first-order chi connectivity index (χ1) is 12.0. The second kappa shape index (κ2) is 6.18. The van der Waals surface area contributed by atoms with E-state index in [-0.39, 0.29) is 13.0 Å². The number of fused-ring (bicyclic) bond motifs is 2. The number of nitrogens with zero attached hydrogens (tertiary/aromatic N) is 3. The first-order valence-corrected chi connectivity index (χ1v) is 8.26. The molecule has 132 valence electrons. The second-order valence-corrected chi connectivity index (χ2v) is 6.38. The first-order valence-electron chi connectivity index (χ1n) is 8.26. The molecule has 0 fully saturated rings. The number of halogens is 3. The lowest BCUT2D eigenvalue weighted by molar-refractivity contribution is -0.182. The van der Waals surface area contributed by atoms with Crippen molar-refractivity contribution in [1.82, 2.24) is 25.1 Å². The van der Waals surface area contributed by atoms with Crippen molar-refractivity contribution < 1.29 is 13.2 Å². The zero-order valence-corrected chi connectivity index (χ0v) is 13.5. The average molecular weight is 349 g/mol. The molecule has 1 atom stereocenters. The van der Waals surface area contributed by atoms with Gasteiger partial charge in [0.05, 0.1) is 12.5 Å². The number of alkyl halides is 3. The fourth-order valence-corrected chi connectivity index (χ4v) is 3.39. The normalized spacial score (nSPS) is 17.8. The van der Waals surface area contributed by atoms with E-state index in [1.165, 1.54) is 0 Å². The Balaban J connectivity index is 1.45. The molecule has 0 bridgehead atoms. The third-order valence-corrected chi connectivity index (χ3v) is 4.77. The number of rotatable bonds is 4. The molecule has 3 aromatic rings. The van der Waals surface area contributed by atoms with Crippen LogP contribution in [0.25, 0.3) is 10.9 Å². The molecule has 25 heavy (non-hydrogen) atoms. The lowest BCUT2D eigenvalue weighted by Gasteiger charge is -2.26.